The average Bonchev–Trinajstić information content (AvgIpc) is 3.18. The van der Waals surface area contributed by atoms with Crippen LogP contribution in [0.3, 0.4) is 0 Å². The van der Waals surface area contributed by atoms with Gasteiger partial charge in [0.1, 0.15) is 5.75 Å². The van der Waals surface area contributed by atoms with Crippen molar-refractivity contribution >= 4 is 36.7 Å². The third-order valence-corrected chi connectivity index (χ3v) is 7.71. The molecule has 6 nitrogen and oxygen atoms in total. The Balaban J connectivity index is 1.31. The van der Waals surface area contributed by atoms with Gasteiger partial charge >= 0.3 is 0 Å². The van der Waals surface area contributed by atoms with E-state index in [1.807, 2.05) is 25.1 Å². The van der Waals surface area contributed by atoms with Crippen LogP contribution in [0.5, 0.6) is 5.75 Å². The topological polar surface area (TPSA) is 71.5 Å². The zero-order valence-corrected chi connectivity index (χ0v) is 18.0. The highest BCUT2D eigenvalue weighted by molar-refractivity contribution is 7.89. The Morgan fingerprint density at radius 1 is 1.14 bits per heavy atom. The van der Waals surface area contributed by atoms with E-state index in [4.69, 9.17) is 9.72 Å². The summed E-state index contributed by atoms with van der Waals surface area (Å²) in [7, 11) is -3.50. The molecule has 29 heavy (non-hydrogen) atoms. The number of benzene rings is 2. The summed E-state index contributed by atoms with van der Waals surface area (Å²) in [6.07, 6.45) is 1.89. The number of rotatable bonds is 7. The van der Waals surface area contributed by atoms with Crippen LogP contribution >= 0.6 is 11.3 Å². The van der Waals surface area contributed by atoms with Crippen LogP contribution < -0.4 is 14.4 Å². The summed E-state index contributed by atoms with van der Waals surface area (Å²) in [6, 6.07) is 14.7. The van der Waals surface area contributed by atoms with Crippen LogP contribution in [0.4, 0.5) is 5.13 Å². The van der Waals surface area contributed by atoms with Crippen molar-refractivity contribution < 1.29 is 13.2 Å². The van der Waals surface area contributed by atoms with Gasteiger partial charge in [-0.3, -0.25) is 0 Å². The summed E-state index contributed by atoms with van der Waals surface area (Å²) in [5.41, 5.74) is 1.04. The summed E-state index contributed by atoms with van der Waals surface area (Å²) in [6.45, 7) is 4.71. The number of para-hydroxylation sites is 1. The zero-order chi connectivity index (χ0) is 20.3. The van der Waals surface area contributed by atoms with Crippen LogP contribution in [0, 0.1) is 5.92 Å². The van der Waals surface area contributed by atoms with Crippen molar-refractivity contribution in [2.45, 2.75) is 24.7 Å². The van der Waals surface area contributed by atoms with Crippen LogP contribution in [0.15, 0.2) is 53.4 Å². The van der Waals surface area contributed by atoms with Gasteiger partial charge < -0.3 is 9.64 Å². The molecule has 8 heteroatoms. The van der Waals surface area contributed by atoms with E-state index < -0.39 is 10.0 Å². The molecule has 0 atom stereocenters. The van der Waals surface area contributed by atoms with E-state index in [1.165, 1.54) is 4.70 Å². The summed E-state index contributed by atoms with van der Waals surface area (Å²) in [5, 5.41) is 1.06. The summed E-state index contributed by atoms with van der Waals surface area (Å²) < 4.78 is 34.5. The van der Waals surface area contributed by atoms with Gasteiger partial charge in [0.15, 0.2) is 5.13 Å². The molecule has 0 radical (unpaired) electrons. The normalized spacial score (nSPS) is 15.7. The second-order valence-electron chi connectivity index (χ2n) is 7.15. The third kappa shape index (κ3) is 4.71. The van der Waals surface area contributed by atoms with Crippen molar-refractivity contribution in [1.29, 1.82) is 0 Å². The van der Waals surface area contributed by atoms with E-state index >= 15 is 0 Å². The highest BCUT2D eigenvalue weighted by Crippen LogP contribution is 2.31. The van der Waals surface area contributed by atoms with Gasteiger partial charge in [0.2, 0.25) is 10.0 Å². The SMILES string of the molecule is CCOc1ccc(S(=O)(=O)NCC2CCN(c3nc4ccccc4s3)CC2)cc1. The third-order valence-electron chi connectivity index (χ3n) is 5.17. The molecule has 0 amide bonds. The number of anilines is 1. The molecule has 3 aromatic rings. The predicted molar refractivity (Wildman–Crippen MR) is 117 cm³/mol. The van der Waals surface area contributed by atoms with Crippen LogP contribution in [-0.4, -0.2) is 39.6 Å². The molecule has 0 unspecified atom stereocenters. The lowest BCUT2D eigenvalue weighted by Crippen LogP contribution is -2.38. The number of ether oxygens (including phenoxy) is 1. The first kappa shape index (κ1) is 20.1. The minimum Gasteiger partial charge on any atom is -0.494 e. The summed E-state index contributed by atoms with van der Waals surface area (Å²) >= 11 is 1.72. The Hall–Kier alpha value is -2.16. The minimum atomic E-state index is -3.50. The van der Waals surface area contributed by atoms with Gasteiger partial charge in [-0.1, -0.05) is 23.5 Å². The molecule has 2 heterocycles. The first-order valence-electron chi connectivity index (χ1n) is 9.88. The molecule has 1 aromatic heterocycles. The average molecular weight is 432 g/mol. The van der Waals surface area contributed by atoms with Gasteiger partial charge in [0.25, 0.3) is 0 Å². The molecule has 1 saturated heterocycles. The first-order valence-corrected chi connectivity index (χ1v) is 12.2. The second kappa shape index (κ2) is 8.69. The summed E-state index contributed by atoms with van der Waals surface area (Å²) in [5.74, 6) is 1.01. The molecule has 1 aliphatic rings. The molecule has 0 spiro atoms. The fourth-order valence-corrected chi connectivity index (χ4v) is 5.65. The van der Waals surface area contributed by atoms with Crippen molar-refractivity contribution in [3.63, 3.8) is 0 Å². The van der Waals surface area contributed by atoms with Crippen LogP contribution in [-0.2, 0) is 10.0 Å². The minimum absolute atomic E-state index is 0.271. The Kier molecular flexibility index (Phi) is 6.03. The zero-order valence-electron chi connectivity index (χ0n) is 16.4. The molecular formula is C21H25N3O3S2. The number of nitrogens with one attached hydrogen (secondary N) is 1. The maximum absolute atomic E-state index is 12.6. The van der Waals surface area contributed by atoms with E-state index in [2.05, 4.69) is 15.7 Å². The molecule has 1 N–H and O–H groups in total. The number of piperidine rings is 1. The second-order valence-corrected chi connectivity index (χ2v) is 9.93. The standard InChI is InChI=1S/C21H25N3O3S2/c1-2-27-17-7-9-18(10-8-17)29(25,26)22-15-16-11-13-24(14-12-16)21-23-19-5-3-4-6-20(19)28-21/h3-10,16,22H,2,11-15H2,1H3. The van der Waals surface area contributed by atoms with Gasteiger partial charge in [-0.25, -0.2) is 18.1 Å². The molecule has 1 fully saturated rings. The lowest BCUT2D eigenvalue weighted by atomic mass is 9.97. The largest absolute Gasteiger partial charge is 0.494 e. The molecule has 154 valence electrons. The van der Waals surface area contributed by atoms with Crippen molar-refractivity contribution in [3.8, 4) is 5.75 Å². The fourth-order valence-electron chi connectivity index (χ4n) is 3.52. The Morgan fingerprint density at radius 2 is 1.86 bits per heavy atom. The number of sulfonamides is 1. The maximum Gasteiger partial charge on any atom is 0.240 e. The van der Waals surface area contributed by atoms with E-state index in [-0.39, 0.29) is 4.90 Å². The van der Waals surface area contributed by atoms with E-state index in [9.17, 15) is 8.42 Å². The van der Waals surface area contributed by atoms with Crippen molar-refractivity contribution in [2.24, 2.45) is 5.92 Å². The molecule has 0 saturated carbocycles. The van der Waals surface area contributed by atoms with Gasteiger partial charge in [0.05, 0.1) is 21.7 Å². The lowest BCUT2D eigenvalue weighted by molar-refractivity contribution is 0.340. The summed E-state index contributed by atoms with van der Waals surface area (Å²) in [4.78, 5) is 7.31. The molecule has 2 aromatic carbocycles. The predicted octanol–water partition coefficient (Wildman–Crippen LogP) is 3.89. The van der Waals surface area contributed by atoms with E-state index in [0.29, 0.717) is 24.8 Å². The molecule has 1 aliphatic heterocycles. The Bertz CT molecular complexity index is 1020. The van der Waals surface area contributed by atoms with E-state index in [1.54, 1.807) is 35.6 Å². The van der Waals surface area contributed by atoms with Crippen molar-refractivity contribution in [3.05, 3.63) is 48.5 Å². The number of thiazole rings is 1. The van der Waals surface area contributed by atoms with Crippen LogP contribution in [0.1, 0.15) is 19.8 Å². The fraction of sp³-hybridized carbons (Fsp3) is 0.381. The van der Waals surface area contributed by atoms with Gasteiger partial charge in [-0.15, -0.1) is 0 Å². The Morgan fingerprint density at radius 3 is 2.55 bits per heavy atom. The van der Waals surface area contributed by atoms with Crippen LogP contribution in [0.25, 0.3) is 10.2 Å². The lowest BCUT2D eigenvalue weighted by Gasteiger charge is -2.31. The first-order chi connectivity index (χ1) is 14.0. The number of hydrogen-bond donors (Lipinski definition) is 1. The molecule has 4 rings (SSSR count). The van der Waals surface area contributed by atoms with Crippen molar-refractivity contribution in [2.75, 3.05) is 31.1 Å². The quantitative estimate of drug-likeness (QED) is 0.614. The monoisotopic (exact) mass is 431 g/mol. The highest BCUT2D eigenvalue weighted by Gasteiger charge is 2.23. The molecular weight excluding hydrogens is 406 g/mol. The number of fused-ring (bicyclic) bond motifs is 1. The number of aromatic nitrogens is 1. The van der Waals surface area contributed by atoms with Crippen LogP contribution in [0.2, 0.25) is 0 Å². The molecule has 0 bridgehead atoms. The van der Waals surface area contributed by atoms with E-state index in [0.717, 1.165) is 36.6 Å². The van der Waals surface area contributed by atoms with Gasteiger partial charge in [-0.2, -0.15) is 0 Å². The van der Waals surface area contributed by atoms with Gasteiger partial charge in [-0.05, 0) is 62.1 Å². The number of nitrogens with zero attached hydrogens (tertiary/aromatic N) is 2. The smallest absolute Gasteiger partial charge is 0.240 e. The van der Waals surface area contributed by atoms with Crippen molar-refractivity contribution in [1.82, 2.24) is 9.71 Å². The van der Waals surface area contributed by atoms with Gasteiger partial charge in [0, 0.05) is 19.6 Å². The Labute approximate surface area is 175 Å². The molecule has 0 aliphatic carbocycles. The highest BCUT2D eigenvalue weighted by atomic mass is 32.2. The number of hydrogen-bond acceptors (Lipinski definition) is 6. The maximum atomic E-state index is 12.6.